The standard InChI is InChI=1S/C25H25N3O3/c1-16(2)26-25(29)31-15-17-8-10-18(11-9-17)27-24-20-6-4-5-7-22(20)28-23-14-19(30-3)12-13-21(23)24/h4-14,16H,15H2,1-3H3,(H,26,29)(H,27,28). The minimum atomic E-state index is -0.414. The number of carbonyl (C=O) groups is 1. The number of methoxy groups -OCH3 is 1. The summed E-state index contributed by atoms with van der Waals surface area (Å²) >= 11 is 0. The summed E-state index contributed by atoms with van der Waals surface area (Å²) in [5.74, 6) is 0.770. The van der Waals surface area contributed by atoms with Crippen LogP contribution in [0.25, 0.3) is 21.8 Å². The van der Waals surface area contributed by atoms with Gasteiger partial charge in [0.15, 0.2) is 0 Å². The van der Waals surface area contributed by atoms with Crippen molar-refractivity contribution in [3.63, 3.8) is 0 Å². The number of nitrogens with one attached hydrogen (secondary N) is 2. The highest BCUT2D eigenvalue weighted by Crippen LogP contribution is 2.34. The summed E-state index contributed by atoms with van der Waals surface area (Å²) < 4.78 is 10.6. The molecule has 3 aromatic carbocycles. The van der Waals surface area contributed by atoms with E-state index in [1.165, 1.54) is 0 Å². The predicted molar refractivity (Wildman–Crippen MR) is 124 cm³/mol. The number of benzene rings is 3. The van der Waals surface area contributed by atoms with Crippen molar-refractivity contribution in [3.05, 3.63) is 72.3 Å². The summed E-state index contributed by atoms with van der Waals surface area (Å²) in [5.41, 5.74) is 4.61. The highest BCUT2D eigenvalue weighted by Gasteiger charge is 2.11. The third kappa shape index (κ3) is 4.69. The van der Waals surface area contributed by atoms with Gasteiger partial charge in [-0.2, -0.15) is 0 Å². The van der Waals surface area contributed by atoms with Gasteiger partial charge in [0.25, 0.3) is 0 Å². The fourth-order valence-corrected chi connectivity index (χ4v) is 3.39. The number of pyridine rings is 1. The summed E-state index contributed by atoms with van der Waals surface area (Å²) in [6.07, 6.45) is -0.414. The Kier molecular flexibility index (Phi) is 5.89. The molecule has 1 aromatic heterocycles. The zero-order chi connectivity index (χ0) is 21.8. The molecule has 6 nitrogen and oxygen atoms in total. The molecule has 0 aliphatic heterocycles. The van der Waals surface area contributed by atoms with E-state index in [1.54, 1.807) is 7.11 Å². The molecule has 0 saturated heterocycles. The van der Waals surface area contributed by atoms with Crippen molar-refractivity contribution in [2.24, 2.45) is 0 Å². The summed E-state index contributed by atoms with van der Waals surface area (Å²) in [7, 11) is 1.65. The average molecular weight is 415 g/mol. The number of carbonyl (C=O) groups excluding carboxylic acids is 1. The van der Waals surface area contributed by atoms with E-state index in [-0.39, 0.29) is 12.6 Å². The van der Waals surface area contributed by atoms with Crippen molar-refractivity contribution in [1.82, 2.24) is 10.3 Å². The van der Waals surface area contributed by atoms with Gasteiger partial charge in [-0.25, -0.2) is 9.78 Å². The minimum Gasteiger partial charge on any atom is -0.497 e. The van der Waals surface area contributed by atoms with Gasteiger partial charge in [0, 0.05) is 28.6 Å². The van der Waals surface area contributed by atoms with Crippen molar-refractivity contribution in [1.29, 1.82) is 0 Å². The van der Waals surface area contributed by atoms with Crippen LogP contribution in [0.3, 0.4) is 0 Å². The summed E-state index contributed by atoms with van der Waals surface area (Å²) in [6.45, 7) is 4.01. The van der Waals surface area contributed by atoms with Crippen LogP contribution in [0.4, 0.5) is 16.2 Å². The van der Waals surface area contributed by atoms with Crippen LogP contribution >= 0.6 is 0 Å². The molecule has 2 N–H and O–H groups in total. The van der Waals surface area contributed by atoms with E-state index in [0.717, 1.165) is 44.5 Å². The average Bonchev–Trinajstić information content (AvgIpc) is 2.77. The number of hydrogen-bond acceptors (Lipinski definition) is 5. The van der Waals surface area contributed by atoms with Crippen molar-refractivity contribution in [2.45, 2.75) is 26.5 Å². The van der Waals surface area contributed by atoms with E-state index in [0.29, 0.717) is 0 Å². The molecule has 0 bridgehead atoms. The quantitative estimate of drug-likeness (QED) is 0.391. The molecule has 0 unspecified atom stereocenters. The van der Waals surface area contributed by atoms with Crippen molar-refractivity contribution in [2.75, 3.05) is 12.4 Å². The zero-order valence-corrected chi connectivity index (χ0v) is 17.8. The largest absolute Gasteiger partial charge is 0.497 e. The lowest BCUT2D eigenvalue weighted by Crippen LogP contribution is -2.30. The summed E-state index contributed by atoms with van der Waals surface area (Å²) in [6, 6.07) is 21.8. The van der Waals surface area contributed by atoms with Crippen molar-refractivity contribution < 1.29 is 14.3 Å². The molecule has 4 rings (SSSR count). The molecule has 0 fully saturated rings. The molecule has 1 heterocycles. The van der Waals surface area contributed by atoms with Crippen LogP contribution in [0.2, 0.25) is 0 Å². The Bertz CT molecular complexity index is 1220. The third-order valence-corrected chi connectivity index (χ3v) is 4.89. The maximum atomic E-state index is 11.7. The Labute approximate surface area is 181 Å². The van der Waals surface area contributed by atoms with E-state index in [1.807, 2.05) is 74.5 Å². The van der Waals surface area contributed by atoms with E-state index in [9.17, 15) is 4.79 Å². The summed E-state index contributed by atoms with van der Waals surface area (Å²) in [4.78, 5) is 16.5. The Morgan fingerprint density at radius 1 is 0.968 bits per heavy atom. The van der Waals surface area contributed by atoms with E-state index in [2.05, 4.69) is 16.7 Å². The van der Waals surface area contributed by atoms with Gasteiger partial charge < -0.3 is 20.1 Å². The first-order valence-corrected chi connectivity index (χ1v) is 10.2. The Morgan fingerprint density at radius 2 is 1.71 bits per heavy atom. The van der Waals surface area contributed by atoms with Crippen LogP contribution in [0, 0.1) is 0 Å². The highest BCUT2D eigenvalue weighted by atomic mass is 16.5. The molecular weight excluding hydrogens is 390 g/mol. The number of amides is 1. The number of hydrogen-bond donors (Lipinski definition) is 2. The number of alkyl carbamates (subject to hydrolysis) is 1. The van der Waals surface area contributed by atoms with E-state index >= 15 is 0 Å². The van der Waals surface area contributed by atoms with Gasteiger partial charge >= 0.3 is 6.09 Å². The Morgan fingerprint density at radius 3 is 2.45 bits per heavy atom. The van der Waals surface area contributed by atoms with Crippen LogP contribution in [-0.2, 0) is 11.3 Å². The zero-order valence-electron chi connectivity index (χ0n) is 17.8. The number of para-hydroxylation sites is 1. The molecular formula is C25H25N3O3. The van der Waals surface area contributed by atoms with Gasteiger partial charge in [0.1, 0.15) is 12.4 Å². The molecule has 158 valence electrons. The van der Waals surface area contributed by atoms with Crippen LogP contribution < -0.4 is 15.4 Å². The van der Waals surface area contributed by atoms with Crippen LogP contribution in [0.15, 0.2) is 66.7 Å². The monoisotopic (exact) mass is 415 g/mol. The van der Waals surface area contributed by atoms with Crippen molar-refractivity contribution >= 4 is 39.3 Å². The smallest absolute Gasteiger partial charge is 0.407 e. The van der Waals surface area contributed by atoms with Crippen LogP contribution in [0.5, 0.6) is 5.75 Å². The molecule has 31 heavy (non-hydrogen) atoms. The molecule has 0 saturated carbocycles. The lowest BCUT2D eigenvalue weighted by Gasteiger charge is -2.14. The molecule has 4 aromatic rings. The normalized spacial score (nSPS) is 11.0. The summed E-state index contributed by atoms with van der Waals surface area (Å²) in [5, 5.41) is 8.31. The van der Waals surface area contributed by atoms with Gasteiger partial charge in [0.2, 0.25) is 0 Å². The number of anilines is 2. The molecule has 0 aliphatic carbocycles. The topological polar surface area (TPSA) is 72.5 Å². The molecule has 0 radical (unpaired) electrons. The molecule has 6 heteroatoms. The Balaban J connectivity index is 1.61. The lowest BCUT2D eigenvalue weighted by molar-refractivity contribution is 0.137. The van der Waals surface area contributed by atoms with Gasteiger partial charge in [-0.3, -0.25) is 0 Å². The maximum Gasteiger partial charge on any atom is 0.407 e. The van der Waals surface area contributed by atoms with E-state index in [4.69, 9.17) is 14.5 Å². The second kappa shape index (κ2) is 8.92. The molecule has 1 amide bonds. The predicted octanol–water partition coefficient (Wildman–Crippen LogP) is 5.77. The van der Waals surface area contributed by atoms with Gasteiger partial charge in [0.05, 0.1) is 23.8 Å². The van der Waals surface area contributed by atoms with Gasteiger partial charge in [-0.15, -0.1) is 0 Å². The Hall–Kier alpha value is -3.80. The fourth-order valence-electron chi connectivity index (χ4n) is 3.39. The third-order valence-electron chi connectivity index (χ3n) is 4.89. The SMILES string of the molecule is COc1ccc2c(Nc3ccc(COC(=O)NC(C)C)cc3)c3ccccc3nc2c1. The first kappa shape index (κ1) is 20.5. The fraction of sp³-hybridized carbons (Fsp3) is 0.200. The number of fused-ring (bicyclic) bond motifs is 2. The number of ether oxygens (including phenoxy) is 2. The van der Waals surface area contributed by atoms with Gasteiger partial charge in [-0.1, -0.05) is 30.3 Å². The van der Waals surface area contributed by atoms with Crippen molar-refractivity contribution in [3.8, 4) is 5.75 Å². The second-order valence-corrected chi connectivity index (χ2v) is 7.58. The number of rotatable bonds is 6. The molecule has 0 spiro atoms. The van der Waals surface area contributed by atoms with Crippen LogP contribution in [-0.4, -0.2) is 24.2 Å². The van der Waals surface area contributed by atoms with Gasteiger partial charge in [-0.05, 0) is 49.7 Å². The molecule has 0 aliphatic rings. The van der Waals surface area contributed by atoms with Crippen LogP contribution in [0.1, 0.15) is 19.4 Å². The minimum absolute atomic E-state index is 0.0454. The van der Waals surface area contributed by atoms with E-state index < -0.39 is 6.09 Å². The molecule has 0 atom stereocenters. The first-order chi connectivity index (χ1) is 15.0. The number of nitrogens with zero attached hydrogens (tertiary/aromatic N) is 1. The highest BCUT2D eigenvalue weighted by molar-refractivity contribution is 6.08. The second-order valence-electron chi connectivity index (χ2n) is 7.58. The number of aromatic nitrogens is 1. The lowest BCUT2D eigenvalue weighted by atomic mass is 10.1. The first-order valence-electron chi connectivity index (χ1n) is 10.2. The maximum absolute atomic E-state index is 11.7.